The van der Waals surface area contributed by atoms with E-state index in [-0.39, 0.29) is 5.16 Å². The predicted molar refractivity (Wildman–Crippen MR) is 150 cm³/mol. The van der Waals surface area contributed by atoms with Crippen LogP contribution < -0.4 is 10.6 Å². The Morgan fingerprint density at radius 2 is 0.946 bits per heavy atom. The van der Waals surface area contributed by atoms with Gasteiger partial charge < -0.3 is 0 Å². The van der Waals surface area contributed by atoms with Gasteiger partial charge in [0, 0.05) is 5.16 Å². The lowest BCUT2D eigenvalue weighted by Gasteiger charge is -2.33. The van der Waals surface area contributed by atoms with Gasteiger partial charge >= 0.3 is 15.6 Å². The molecule has 0 fully saturated rings. The van der Waals surface area contributed by atoms with E-state index in [4.69, 9.17) is 13.0 Å². The molecule has 0 aromatic heterocycles. The van der Waals surface area contributed by atoms with Crippen molar-refractivity contribution in [3.8, 4) is 0 Å². The Morgan fingerprint density at radius 1 is 0.649 bits per heavy atom. The first-order valence-corrected chi connectivity index (χ1v) is 14.9. The van der Waals surface area contributed by atoms with E-state index in [2.05, 4.69) is 131 Å². The Hall–Kier alpha value is -2.56. The van der Waals surface area contributed by atoms with E-state index >= 15 is 0 Å². The van der Waals surface area contributed by atoms with Gasteiger partial charge in [0.1, 0.15) is 0 Å². The molecule has 0 amide bonds. The van der Waals surface area contributed by atoms with Gasteiger partial charge in [0.2, 0.25) is 0 Å². The molecule has 1 atom stereocenters. The fourth-order valence-corrected chi connectivity index (χ4v) is 7.06. The molecule has 0 aliphatic carbocycles. The molecule has 4 aromatic carbocycles. The maximum atomic E-state index is 10.7. The molecule has 1 unspecified atom stereocenters. The van der Waals surface area contributed by atoms with Gasteiger partial charge in [-0.25, -0.2) is 0 Å². The van der Waals surface area contributed by atoms with Crippen molar-refractivity contribution in [3.63, 3.8) is 0 Å². The van der Waals surface area contributed by atoms with Crippen LogP contribution in [-0.4, -0.2) is 24.6 Å². The fourth-order valence-electron chi connectivity index (χ4n) is 3.84. The largest absolute Gasteiger partial charge is 0.522 e. The lowest BCUT2D eigenvalue weighted by Crippen LogP contribution is -2.24. The molecule has 4 aromatic rings. The number of halogens is 3. The van der Waals surface area contributed by atoms with Crippen LogP contribution in [0, 0.1) is 0 Å². The third kappa shape index (κ3) is 7.96. The van der Waals surface area contributed by atoms with Gasteiger partial charge in [-0.1, -0.05) is 121 Å². The van der Waals surface area contributed by atoms with Crippen molar-refractivity contribution in [2.45, 2.75) is 17.1 Å². The summed E-state index contributed by atoms with van der Waals surface area (Å²) in [4.78, 5) is 0. The first-order valence-electron chi connectivity index (χ1n) is 11.3. The van der Waals surface area contributed by atoms with E-state index in [0.29, 0.717) is 0 Å². The topological polar surface area (TPSA) is 54.4 Å². The SMILES string of the molecule is O=S(=O)(O)C(F)(F)F.PC(CCP(c1ccccc1)c1ccccc1)(c1ccccc1)c1ccccc1. The molecular weight excluding hydrogens is 535 g/mol. The van der Waals surface area contributed by atoms with Crippen LogP contribution in [-0.2, 0) is 15.3 Å². The van der Waals surface area contributed by atoms with Crippen LogP contribution in [0.15, 0.2) is 121 Å². The summed E-state index contributed by atoms with van der Waals surface area (Å²) in [7, 11) is -3.05. The molecule has 9 heteroatoms. The third-order valence-electron chi connectivity index (χ3n) is 5.74. The van der Waals surface area contributed by atoms with Crippen LogP contribution in [0.1, 0.15) is 17.5 Å². The molecule has 0 spiro atoms. The molecule has 0 saturated heterocycles. The molecule has 1 N–H and O–H groups in total. The zero-order valence-electron chi connectivity index (χ0n) is 19.8. The van der Waals surface area contributed by atoms with E-state index in [1.807, 2.05) is 0 Å². The van der Waals surface area contributed by atoms with Gasteiger partial charge in [-0.15, -0.1) is 9.24 Å². The number of hydrogen-bond acceptors (Lipinski definition) is 2. The molecule has 0 aliphatic rings. The molecule has 194 valence electrons. The second-order valence-electron chi connectivity index (χ2n) is 8.20. The van der Waals surface area contributed by atoms with E-state index in [1.54, 1.807) is 0 Å². The van der Waals surface area contributed by atoms with E-state index in [1.165, 1.54) is 21.7 Å². The second-order valence-corrected chi connectivity index (χ2v) is 12.9. The van der Waals surface area contributed by atoms with Crippen LogP contribution in [0.4, 0.5) is 13.2 Å². The number of benzene rings is 4. The minimum atomic E-state index is -5.84. The highest BCUT2D eigenvalue weighted by molar-refractivity contribution is 7.86. The smallest absolute Gasteiger partial charge is 0.279 e. The number of rotatable bonds is 7. The molecule has 0 saturated carbocycles. The van der Waals surface area contributed by atoms with Gasteiger partial charge in [-0.2, -0.15) is 21.6 Å². The molecule has 0 radical (unpaired) electrons. The fraction of sp³-hybridized carbons (Fsp3) is 0.143. The second kappa shape index (κ2) is 12.8. The first-order chi connectivity index (χ1) is 17.5. The highest BCUT2D eigenvalue weighted by Crippen LogP contribution is 2.46. The minimum absolute atomic E-state index is 0.0906. The zero-order valence-corrected chi connectivity index (χ0v) is 22.7. The van der Waals surface area contributed by atoms with Crippen molar-refractivity contribution in [2.24, 2.45) is 0 Å². The minimum Gasteiger partial charge on any atom is -0.279 e. The van der Waals surface area contributed by atoms with E-state index in [0.717, 1.165) is 12.6 Å². The summed E-state index contributed by atoms with van der Waals surface area (Å²) in [5.41, 5.74) is -2.83. The Labute approximate surface area is 219 Å². The van der Waals surface area contributed by atoms with Crippen LogP contribution in [0.25, 0.3) is 0 Å². The third-order valence-corrected chi connectivity index (χ3v) is 9.79. The molecule has 4 rings (SSSR count). The molecule has 0 bridgehead atoms. The Bertz CT molecular complexity index is 1260. The van der Waals surface area contributed by atoms with Crippen LogP contribution in [0.3, 0.4) is 0 Å². The Morgan fingerprint density at radius 3 is 1.24 bits per heavy atom. The average molecular weight is 563 g/mol. The van der Waals surface area contributed by atoms with Gasteiger partial charge in [0.05, 0.1) is 0 Å². The molecule has 0 heterocycles. The lowest BCUT2D eigenvalue weighted by atomic mass is 9.88. The first kappa shape index (κ1) is 29.0. The Kier molecular flexibility index (Phi) is 10.0. The van der Waals surface area contributed by atoms with E-state index < -0.39 is 23.5 Å². The van der Waals surface area contributed by atoms with Crippen LogP contribution >= 0.6 is 17.2 Å². The monoisotopic (exact) mass is 562 g/mol. The van der Waals surface area contributed by atoms with Crippen molar-refractivity contribution in [1.29, 1.82) is 0 Å². The standard InChI is InChI=1S/C27H26P2.CHF3O3S/c28-27(23-13-5-1-6-14-23,24-15-7-2-8-16-24)21-22-29(25-17-9-3-10-18-25)26-19-11-4-12-20-26;2-1(3,4)8(5,6)7/h1-20H,21-22,28H2;(H,5,6,7). The van der Waals surface area contributed by atoms with Crippen molar-refractivity contribution in [2.75, 3.05) is 6.16 Å². The maximum Gasteiger partial charge on any atom is 0.522 e. The lowest BCUT2D eigenvalue weighted by molar-refractivity contribution is -0.0510. The normalized spacial score (nSPS) is 12.1. The summed E-state index contributed by atoms with van der Waals surface area (Å²) >= 11 is 0. The van der Waals surface area contributed by atoms with Crippen LogP contribution in [0.5, 0.6) is 0 Å². The summed E-state index contributed by atoms with van der Waals surface area (Å²) < 4.78 is 57.5. The van der Waals surface area contributed by atoms with Crippen molar-refractivity contribution in [3.05, 3.63) is 132 Å². The summed E-state index contributed by atoms with van der Waals surface area (Å²) in [6, 6.07) is 43.8. The van der Waals surface area contributed by atoms with Crippen molar-refractivity contribution in [1.82, 2.24) is 0 Å². The number of hydrogen-bond donors (Lipinski definition) is 1. The molecular formula is C28H27F3O3P2S. The summed E-state index contributed by atoms with van der Waals surface area (Å²) in [5, 5.41) is 2.80. The maximum absolute atomic E-state index is 10.7. The van der Waals surface area contributed by atoms with Crippen molar-refractivity contribution < 1.29 is 26.1 Å². The predicted octanol–water partition coefficient (Wildman–Crippen LogP) is 6.72. The quantitative estimate of drug-likeness (QED) is 0.155. The van der Waals surface area contributed by atoms with Crippen molar-refractivity contribution >= 4 is 37.9 Å². The average Bonchev–Trinajstić information content (AvgIpc) is 2.90. The molecule has 3 nitrogen and oxygen atoms in total. The molecule has 37 heavy (non-hydrogen) atoms. The van der Waals surface area contributed by atoms with Gasteiger partial charge in [0.15, 0.2) is 0 Å². The number of alkyl halides is 3. The Balaban J connectivity index is 0.000000414. The van der Waals surface area contributed by atoms with Crippen LogP contribution in [0.2, 0.25) is 0 Å². The highest BCUT2D eigenvalue weighted by atomic mass is 32.2. The zero-order chi connectivity index (χ0) is 26.9. The van der Waals surface area contributed by atoms with Gasteiger partial charge in [0.25, 0.3) is 0 Å². The van der Waals surface area contributed by atoms with Gasteiger partial charge in [-0.05, 0) is 42.2 Å². The summed E-state index contributed by atoms with van der Waals surface area (Å²) in [6.45, 7) is 0. The molecule has 0 aliphatic heterocycles. The van der Waals surface area contributed by atoms with Gasteiger partial charge in [-0.3, -0.25) is 4.55 Å². The summed E-state index contributed by atoms with van der Waals surface area (Å²) in [6.07, 6.45) is 2.21. The highest BCUT2D eigenvalue weighted by Gasteiger charge is 2.44. The summed E-state index contributed by atoms with van der Waals surface area (Å²) in [5.74, 6) is 0. The van der Waals surface area contributed by atoms with E-state index in [9.17, 15) is 13.2 Å².